The van der Waals surface area contributed by atoms with Crippen LogP contribution in [0, 0.1) is 0 Å². The summed E-state index contributed by atoms with van der Waals surface area (Å²) in [5.41, 5.74) is 0. The molecule has 1 saturated heterocycles. The summed E-state index contributed by atoms with van der Waals surface area (Å²) in [6, 6.07) is 0. The highest BCUT2D eigenvalue weighted by atomic mass is 16.5. The molecule has 1 N–H and O–H groups in total. The summed E-state index contributed by atoms with van der Waals surface area (Å²) in [4.78, 5) is 13.6. The van der Waals surface area contributed by atoms with Crippen LogP contribution in [-0.4, -0.2) is 50.2 Å². The zero-order valence-corrected chi connectivity index (χ0v) is 9.63. The molecule has 1 aliphatic rings. The number of hydrogen-bond acceptors (Lipinski definition) is 3. The standard InChI is InChI=1S/C11H22N2O2/c1-2-15-10-7-12-6-5-11(14)13-8-3-4-9-13/h12H,2-10H2,1H3. The van der Waals surface area contributed by atoms with Gasteiger partial charge in [-0.15, -0.1) is 0 Å². The Morgan fingerprint density at radius 2 is 2.07 bits per heavy atom. The van der Waals surface area contributed by atoms with E-state index >= 15 is 0 Å². The van der Waals surface area contributed by atoms with Crippen LogP contribution in [0.5, 0.6) is 0 Å². The second-order valence-electron chi connectivity index (χ2n) is 3.78. The van der Waals surface area contributed by atoms with Crippen LogP contribution in [0.1, 0.15) is 26.2 Å². The molecular formula is C11H22N2O2. The lowest BCUT2D eigenvalue weighted by atomic mass is 10.3. The Morgan fingerprint density at radius 1 is 1.33 bits per heavy atom. The molecule has 0 atom stereocenters. The Labute approximate surface area is 92.0 Å². The van der Waals surface area contributed by atoms with Crippen molar-refractivity contribution in [1.29, 1.82) is 0 Å². The van der Waals surface area contributed by atoms with Crippen LogP contribution in [-0.2, 0) is 9.53 Å². The van der Waals surface area contributed by atoms with Crippen molar-refractivity contribution in [2.24, 2.45) is 0 Å². The Balaban J connectivity index is 1.92. The minimum atomic E-state index is 0.288. The lowest BCUT2D eigenvalue weighted by molar-refractivity contribution is -0.130. The largest absolute Gasteiger partial charge is 0.380 e. The van der Waals surface area contributed by atoms with Crippen molar-refractivity contribution in [2.45, 2.75) is 26.2 Å². The fraction of sp³-hybridized carbons (Fsp3) is 0.909. The highest BCUT2D eigenvalue weighted by molar-refractivity contribution is 5.76. The zero-order chi connectivity index (χ0) is 10.9. The minimum Gasteiger partial charge on any atom is -0.380 e. The van der Waals surface area contributed by atoms with Crippen molar-refractivity contribution in [3.05, 3.63) is 0 Å². The van der Waals surface area contributed by atoms with E-state index in [-0.39, 0.29) is 5.91 Å². The predicted molar refractivity (Wildman–Crippen MR) is 59.8 cm³/mol. The van der Waals surface area contributed by atoms with E-state index < -0.39 is 0 Å². The molecule has 4 nitrogen and oxygen atoms in total. The molecule has 1 rings (SSSR count). The predicted octanol–water partition coefficient (Wildman–Crippen LogP) is 0.625. The van der Waals surface area contributed by atoms with Crippen molar-refractivity contribution >= 4 is 5.91 Å². The van der Waals surface area contributed by atoms with Gasteiger partial charge in [-0.3, -0.25) is 4.79 Å². The van der Waals surface area contributed by atoms with E-state index in [0.717, 1.165) is 39.4 Å². The van der Waals surface area contributed by atoms with Gasteiger partial charge in [0.2, 0.25) is 5.91 Å². The summed E-state index contributed by atoms with van der Waals surface area (Å²) >= 11 is 0. The average molecular weight is 214 g/mol. The number of carbonyl (C=O) groups excluding carboxylic acids is 1. The molecule has 0 aromatic heterocycles. The Bertz CT molecular complexity index is 179. The van der Waals surface area contributed by atoms with E-state index in [0.29, 0.717) is 6.42 Å². The molecule has 0 saturated carbocycles. The first-order chi connectivity index (χ1) is 7.34. The number of likely N-dealkylation sites (tertiary alicyclic amines) is 1. The second-order valence-corrected chi connectivity index (χ2v) is 3.78. The lowest BCUT2D eigenvalue weighted by Crippen LogP contribution is -2.31. The first-order valence-corrected chi connectivity index (χ1v) is 5.91. The molecule has 88 valence electrons. The summed E-state index contributed by atoms with van der Waals surface area (Å²) in [5.74, 6) is 0.288. The van der Waals surface area contributed by atoms with Crippen LogP contribution in [0.4, 0.5) is 0 Å². The fourth-order valence-corrected chi connectivity index (χ4v) is 1.73. The van der Waals surface area contributed by atoms with E-state index in [2.05, 4.69) is 5.32 Å². The van der Waals surface area contributed by atoms with Crippen LogP contribution in [0.25, 0.3) is 0 Å². The molecule has 0 bridgehead atoms. The average Bonchev–Trinajstić information content (AvgIpc) is 2.76. The van der Waals surface area contributed by atoms with E-state index in [1.165, 1.54) is 12.8 Å². The van der Waals surface area contributed by atoms with Gasteiger partial charge in [0.05, 0.1) is 6.61 Å². The maximum absolute atomic E-state index is 11.6. The Kier molecular flexibility index (Phi) is 6.36. The van der Waals surface area contributed by atoms with Crippen LogP contribution in [0.2, 0.25) is 0 Å². The molecule has 0 aromatic rings. The van der Waals surface area contributed by atoms with Crippen LogP contribution < -0.4 is 5.32 Å². The summed E-state index contributed by atoms with van der Waals surface area (Å²) in [6.07, 6.45) is 2.96. The summed E-state index contributed by atoms with van der Waals surface area (Å²) in [6.45, 7) is 6.98. The third kappa shape index (κ3) is 5.14. The van der Waals surface area contributed by atoms with Gasteiger partial charge in [-0.1, -0.05) is 0 Å². The highest BCUT2D eigenvalue weighted by Crippen LogP contribution is 2.08. The maximum Gasteiger partial charge on any atom is 0.223 e. The van der Waals surface area contributed by atoms with Crippen molar-refractivity contribution in [3.63, 3.8) is 0 Å². The minimum absolute atomic E-state index is 0.288. The maximum atomic E-state index is 11.6. The first kappa shape index (κ1) is 12.5. The van der Waals surface area contributed by atoms with Crippen molar-refractivity contribution in [2.75, 3.05) is 39.4 Å². The molecule has 0 radical (unpaired) electrons. The smallest absolute Gasteiger partial charge is 0.223 e. The molecular weight excluding hydrogens is 192 g/mol. The van der Waals surface area contributed by atoms with Gasteiger partial charge in [-0.2, -0.15) is 0 Å². The van der Waals surface area contributed by atoms with E-state index in [1.54, 1.807) is 0 Å². The molecule has 0 unspecified atom stereocenters. The van der Waals surface area contributed by atoms with Gasteiger partial charge in [0.25, 0.3) is 0 Å². The SMILES string of the molecule is CCOCCNCCC(=O)N1CCCC1. The number of hydrogen-bond donors (Lipinski definition) is 1. The molecule has 0 aromatic carbocycles. The highest BCUT2D eigenvalue weighted by Gasteiger charge is 2.16. The van der Waals surface area contributed by atoms with Gasteiger partial charge in [0.15, 0.2) is 0 Å². The Hall–Kier alpha value is -0.610. The number of rotatable bonds is 7. The molecule has 1 fully saturated rings. The van der Waals surface area contributed by atoms with Crippen molar-refractivity contribution < 1.29 is 9.53 Å². The van der Waals surface area contributed by atoms with Gasteiger partial charge in [-0.05, 0) is 19.8 Å². The molecule has 1 amide bonds. The summed E-state index contributed by atoms with van der Waals surface area (Å²) in [7, 11) is 0. The van der Waals surface area contributed by atoms with E-state index in [1.807, 2.05) is 11.8 Å². The summed E-state index contributed by atoms with van der Waals surface area (Å²) < 4.78 is 5.18. The molecule has 0 aliphatic carbocycles. The number of ether oxygens (including phenoxy) is 1. The van der Waals surface area contributed by atoms with Crippen molar-refractivity contribution in [3.8, 4) is 0 Å². The quantitative estimate of drug-likeness (QED) is 0.632. The third-order valence-electron chi connectivity index (χ3n) is 2.60. The third-order valence-corrected chi connectivity index (χ3v) is 2.60. The van der Waals surface area contributed by atoms with E-state index in [4.69, 9.17) is 4.74 Å². The topological polar surface area (TPSA) is 41.6 Å². The second kappa shape index (κ2) is 7.65. The van der Waals surface area contributed by atoms with Crippen LogP contribution >= 0.6 is 0 Å². The number of nitrogens with one attached hydrogen (secondary N) is 1. The van der Waals surface area contributed by atoms with Crippen LogP contribution in [0.15, 0.2) is 0 Å². The molecule has 1 heterocycles. The van der Waals surface area contributed by atoms with Gasteiger partial charge >= 0.3 is 0 Å². The van der Waals surface area contributed by atoms with Crippen LogP contribution in [0.3, 0.4) is 0 Å². The van der Waals surface area contributed by atoms with Gasteiger partial charge < -0.3 is 15.0 Å². The summed E-state index contributed by atoms with van der Waals surface area (Å²) in [5, 5.41) is 3.20. The number of nitrogens with zero attached hydrogens (tertiary/aromatic N) is 1. The van der Waals surface area contributed by atoms with Gasteiger partial charge in [0.1, 0.15) is 0 Å². The van der Waals surface area contributed by atoms with Crippen molar-refractivity contribution in [1.82, 2.24) is 10.2 Å². The molecule has 15 heavy (non-hydrogen) atoms. The molecule has 0 spiro atoms. The number of amides is 1. The fourth-order valence-electron chi connectivity index (χ4n) is 1.73. The number of carbonyl (C=O) groups is 1. The first-order valence-electron chi connectivity index (χ1n) is 5.91. The zero-order valence-electron chi connectivity index (χ0n) is 9.63. The van der Waals surface area contributed by atoms with Gasteiger partial charge in [-0.25, -0.2) is 0 Å². The monoisotopic (exact) mass is 214 g/mol. The van der Waals surface area contributed by atoms with E-state index in [9.17, 15) is 4.79 Å². The van der Waals surface area contributed by atoms with Gasteiger partial charge in [0, 0.05) is 39.2 Å². The Morgan fingerprint density at radius 3 is 2.73 bits per heavy atom. The lowest BCUT2D eigenvalue weighted by Gasteiger charge is -2.15. The molecule has 4 heteroatoms. The molecule has 1 aliphatic heterocycles. The normalized spacial score (nSPS) is 15.9.